The number of carbonyl (C=O) groups excluding carboxylic acids is 2. The van der Waals surface area contributed by atoms with E-state index in [1.54, 1.807) is 44.2 Å². The Morgan fingerprint density at radius 1 is 1.17 bits per heavy atom. The van der Waals surface area contributed by atoms with Crippen molar-refractivity contribution in [2.45, 2.75) is 52.8 Å². The fourth-order valence-electron chi connectivity index (χ4n) is 2.80. The lowest BCUT2D eigenvalue weighted by molar-refractivity contribution is -0.131. The zero-order valence-electron chi connectivity index (χ0n) is 16.9. The number of carbonyl (C=O) groups is 2. The highest BCUT2D eigenvalue weighted by Crippen LogP contribution is 2.24. The Balaban J connectivity index is 2.21. The van der Waals surface area contributed by atoms with Crippen LogP contribution in [0, 0.1) is 5.41 Å². The molecule has 0 radical (unpaired) electrons. The van der Waals surface area contributed by atoms with E-state index in [1.807, 2.05) is 13.0 Å². The summed E-state index contributed by atoms with van der Waals surface area (Å²) in [6.07, 6.45) is -1.45. The van der Waals surface area contributed by atoms with Gasteiger partial charge in [0.15, 0.2) is 5.78 Å². The van der Waals surface area contributed by atoms with Crippen LogP contribution in [0.5, 0.6) is 0 Å². The van der Waals surface area contributed by atoms with E-state index in [2.05, 4.69) is 10.3 Å². The lowest BCUT2D eigenvalue weighted by Crippen LogP contribution is -2.45. The standard InChI is InChI=1S/C22H25F3N2O2/c1-5-18(14(2)28)27-20(29)21(3,4)11-10-15-6-7-16-8-9-17(13-22(23,24)25)26-19(16)12-15/h6-12,18H,5,13H2,1-4H3,(H,27,29). The molecule has 1 N–H and O–H groups in total. The predicted molar refractivity (Wildman–Crippen MR) is 107 cm³/mol. The fraction of sp³-hybridized carbons (Fsp3) is 0.409. The molecule has 0 saturated heterocycles. The number of benzene rings is 1. The van der Waals surface area contributed by atoms with Gasteiger partial charge in [-0.25, -0.2) is 0 Å². The minimum absolute atomic E-state index is 0.0410. The van der Waals surface area contributed by atoms with Gasteiger partial charge in [-0.15, -0.1) is 0 Å². The van der Waals surface area contributed by atoms with Crippen LogP contribution >= 0.6 is 0 Å². The molecule has 0 fully saturated rings. The Hall–Kier alpha value is -2.70. The van der Waals surface area contributed by atoms with E-state index in [0.29, 0.717) is 17.5 Å². The van der Waals surface area contributed by atoms with Crippen molar-refractivity contribution in [3.8, 4) is 0 Å². The average molecular weight is 406 g/mol. The SMILES string of the molecule is CCC(NC(=O)C(C)(C)C=Cc1ccc2ccc(CC(F)(F)F)nc2c1)C(C)=O. The largest absolute Gasteiger partial charge is 0.394 e. The molecule has 1 atom stereocenters. The molecule has 0 spiro atoms. The second-order valence-corrected chi connectivity index (χ2v) is 7.65. The molecule has 4 nitrogen and oxygen atoms in total. The van der Waals surface area contributed by atoms with Gasteiger partial charge in [0.05, 0.1) is 29.1 Å². The summed E-state index contributed by atoms with van der Waals surface area (Å²) in [6, 6.07) is 7.73. The molecule has 29 heavy (non-hydrogen) atoms. The molecule has 1 heterocycles. The number of hydrogen-bond acceptors (Lipinski definition) is 3. The lowest BCUT2D eigenvalue weighted by atomic mass is 9.90. The predicted octanol–water partition coefficient (Wildman–Crippen LogP) is 4.86. The third-order valence-electron chi connectivity index (χ3n) is 4.64. The Bertz CT molecular complexity index is 933. The number of fused-ring (bicyclic) bond motifs is 1. The van der Waals surface area contributed by atoms with Crippen molar-refractivity contribution in [1.82, 2.24) is 10.3 Å². The van der Waals surface area contributed by atoms with E-state index in [9.17, 15) is 22.8 Å². The van der Waals surface area contributed by atoms with E-state index < -0.39 is 24.1 Å². The highest BCUT2D eigenvalue weighted by atomic mass is 19.4. The first-order valence-electron chi connectivity index (χ1n) is 9.38. The molecule has 0 bridgehead atoms. The number of amides is 1. The fourth-order valence-corrected chi connectivity index (χ4v) is 2.80. The highest BCUT2D eigenvalue weighted by molar-refractivity contribution is 5.91. The Kier molecular flexibility index (Phi) is 6.82. The van der Waals surface area contributed by atoms with Crippen LogP contribution in [0.15, 0.2) is 36.4 Å². The smallest absolute Gasteiger partial charge is 0.346 e. The van der Waals surface area contributed by atoms with Crippen LogP contribution in [0.25, 0.3) is 17.0 Å². The summed E-state index contributed by atoms with van der Waals surface area (Å²) in [6.45, 7) is 6.72. The number of aromatic nitrogens is 1. The second kappa shape index (κ2) is 8.76. The third kappa shape index (κ3) is 6.41. The molecule has 7 heteroatoms. The molecule has 1 aromatic heterocycles. The zero-order chi connectivity index (χ0) is 21.8. The van der Waals surface area contributed by atoms with Crippen LogP contribution in [0.2, 0.25) is 0 Å². The maximum Gasteiger partial charge on any atom is 0.394 e. The van der Waals surface area contributed by atoms with Gasteiger partial charge in [0.25, 0.3) is 0 Å². The van der Waals surface area contributed by atoms with Gasteiger partial charge in [-0.1, -0.05) is 37.3 Å². The van der Waals surface area contributed by atoms with Crippen LogP contribution in [0.4, 0.5) is 13.2 Å². The number of rotatable bonds is 7. The maximum absolute atomic E-state index is 12.6. The number of nitrogens with one attached hydrogen (secondary N) is 1. The molecular formula is C22H25F3N2O2. The van der Waals surface area contributed by atoms with Crippen LogP contribution in [-0.2, 0) is 16.0 Å². The molecule has 0 aliphatic heterocycles. The van der Waals surface area contributed by atoms with Gasteiger partial charge < -0.3 is 5.32 Å². The molecule has 0 aliphatic rings. The minimum Gasteiger partial charge on any atom is -0.346 e. The van der Waals surface area contributed by atoms with Gasteiger partial charge in [0.1, 0.15) is 0 Å². The molecule has 2 rings (SSSR count). The van der Waals surface area contributed by atoms with E-state index >= 15 is 0 Å². The molecule has 0 aliphatic carbocycles. The summed E-state index contributed by atoms with van der Waals surface area (Å²) in [5, 5.41) is 3.48. The van der Waals surface area contributed by atoms with Gasteiger partial charge in [-0.2, -0.15) is 13.2 Å². The first kappa shape index (κ1) is 22.6. The van der Waals surface area contributed by atoms with E-state index in [4.69, 9.17) is 0 Å². The lowest BCUT2D eigenvalue weighted by Gasteiger charge is -2.23. The summed E-state index contributed by atoms with van der Waals surface area (Å²) >= 11 is 0. The van der Waals surface area contributed by atoms with Gasteiger partial charge in [0, 0.05) is 5.39 Å². The summed E-state index contributed by atoms with van der Waals surface area (Å²) < 4.78 is 37.8. The number of hydrogen-bond donors (Lipinski definition) is 1. The van der Waals surface area contributed by atoms with E-state index in [-0.39, 0.29) is 17.4 Å². The highest BCUT2D eigenvalue weighted by Gasteiger charge is 2.29. The molecule has 1 aromatic carbocycles. The maximum atomic E-state index is 12.6. The van der Waals surface area contributed by atoms with E-state index in [0.717, 1.165) is 5.39 Å². The van der Waals surface area contributed by atoms with Crippen molar-refractivity contribution in [1.29, 1.82) is 0 Å². The first-order chi connectivity index (χ1) is 13.4. The van der Waals surface area contributed by atoms with Gasteiger partial charge >= 0.3 is 6.18 Å². The monoisotopic (exact) mass is 406 g/mol. The van der Waals surface area contributed by atoms with Crippen molar-refractivity contribution in [3.05, 3.63) is 47.7 Å². The van der Waals surface area contributed by atoms with Crippen molar-refractivity contribution in [3.63, 3.8) is 0 Å². The Morgan fingerprint density at radius 2 is 1.83 bits per heavy atom. The molecule has 156 valence electrons. The summed E-state index contributed by atoms with van der Waals surface area (Å²) in [5.41, 5.74) is 0.261. The van der Waals surface area contributed by atoms with Gasteiger partial charge in [-0.3, -0.25) is 14.6 Å². The number of nitrogens with zero attached hydrogens (tertiary/aromatic N) is 1. The number of alkyl halides is 3. The number of ketones is 1. The van der Waals surface area contributed by atoms with Crippen molar-refractivity contribution < 1.29 is 22.8 Å². The zero-order valence-corrected chi connectivity index (χ0v) is 16.9. The molecule has 2 aromatic rings. The first-order valence-corrected chi connectivity index (χ1v) is 9.38. The Labute approximate surface area is 168 Å². The summed E-state index contributed by atoms with van der Waals surface area (Å²) in [7, 11) is 0. The molecular weight excluding hydrogens is 381 g/mol. The third-order valence-corrected chi connectivity index (χ3v) is 4.64. The van der Waals surface area contributed by atoms with Crippen molar-refractivity contribution in [2.75, 3.05) is 0 Å². The van der Waals surface area contributed by atoms with Crippen LogP contribution in [-0.4, -0.2) is 28.9 Å². The van der Waals surface area contributed by atoms with Gasteiger partial charge in [-0.05, 0) is 44.9 Å². The summed E-state index contributed by atoms with van der Waals surface area (Å²) in [4.78, 5) is 28.2. The van der Waals surface area contributed by atoms with Crippen molar-refractivity contribution >= 4 is 28.7 Å². The second-order valence-electron chi connectivity index (χ2n) is 7.65. The van der Waals surface area contributed by atoms with Gasteiger partial charge in [0.2, 0.25) is 5.91 Å². The van der Waals surface area contributed by atoms with Crippen molar-refractivity contribution in [2.24, 2.45) is 5.41 Å². The number of halogens is 3. The minimum atomic E-state index is -4.31. The normalized spacial score (nSPS) is 13.6. The molecule has 0 saturated carbocycles. The number of Topliss-reactive ketones (excluding diaryl/α,β-unsaturated/α-hetero) is 1. The Morgan fingerprint density at radius 3 is 2.41 bits per heavy atom. The van der Waals surface area contributed by atoms with Crippen LogP contribution < -0.4 is 5.32 Å². The topological polar surface area (TPSA) is 59.1 Å². The molecule has 1 unspecified atom stereocenters. The average Bonchev–Trinajstić information content (AvgIpc) is 2.62. The van der Waals surface area contributed by atoms with Crippen LogP contribution in [0.3, 0.4) is 0 Å². The number of pyridine rings is 1. The van der Waals surface area contributed by atoms with E-state index in [1.165, 1.54) is 13.0 Å². The summed E-state index contributed by atoms with van der Waals surface area (Å²) in [5.74, 6) is -0.377. The van der Waals surface area contributed by atoms with Crippen LogP contribution in [0.1, 0.15) is 45.4 Å². The molecule has 1 amide bonds. The quantitative estimate of drug-likeness (QED) is 0.714.